The molecule has 0 aliphatic heterocycles. The summed E-state index contributed by atoms with van der Waals surface area (Å²) in [5, 5.41) is -1.14. The van der Waals surface area contributed by atoms with Crippen LogP contribution in [0.15, 0.2) is 18.3 Å². The lowest BCUT2D eigenvalue weighted by Crippen LogP contribution is -2.06. The number of hydrogen-bond acceptors (Lipinski definition) is 3. The summed E-state index contributed by atoms with van der Waals surface area (Å²) in [6.45, 7) is 0. The Morgan fingerprint density at radius 2 is 1.73 bits per heavy atom. The molecule has 118 valence electrons. The van der Waals surface area contributed by atoms with Crippen LogP contribution in [-0.2, 0) is 6.18 Å². The Labute approximate surface area is 136 Å². The van der Waals surface area contributed by atoms with Gasteiger partial charge < -0.3 is 10.5 Å². The molecule has 0 aliphatic carbocycles. The first-order valence-corrected chi connectivity index (χ1v) is 6.58. The van der Waals surface area contributed by atoms with E-state index in [1.54, 1.807) is 0 Å². The molecular formula is C12H5Cl3F4N2O. The van der Waals surface area contributed by atoms with Gasteiger partial charge in [-0.05, 0) is 12.1 Å². The number of alkyl halides is 3. The number of halogens is 7. The van der Waals surface area contributed by atoms with Crippen LogP contribution in [0.3, 0.4) is 0 Å². The first-order valence-electron chi connectivity index (χ1n) is 5.44. The van der Waals surface area contributed by atoms with Crippen molar-refractivity contribution in [1.29, 1.82) is 0 Å². The number of ether oxygens (including phenoxy) is 1. The first-order chi connectivity index (χ1) is 10.1. The summed E-state index contributed by atoms with van der Waals surface area (Å²) in [4.78, 5) is 3.43. The third-order valence-corrected chi connectivity index (χ3v) is 3.37. The molecule has 0 spiro atoms. The van der Waals surface area contributed by atoms with Crippen LogP contribution < -0.4 is 10.5 Å². The Kier molecular flexibility index (Phi) is 4.60. The van der Waals surface area contributed by atoms with Crippen molar-refractivity contribution >= 4 is 40.5 Å². The van der Waals surface area contributed by atoms with Crippen molar-refractivity contribution in [3.8, 4) is 11.6 Å². The van der Waals surface area contributed by atoms with Crippen molar-refractivity contribution < 1.29 is 22.3 Å². The maximum absolute atomic E-state index is 13.6. The predicted octanol–water partition coefficient (Wildman–Crippen LogP) is 5.57. The molecule has 0 saturated carbocycles. The monoisotopic (exact) mass is 374 g/mol. The normalized spacial score (nSPS) is 11.6. The summed E-state index contributed by atoms with van der Waals surface area (Å²) < 4.78 is 56.2. The highest BCUT2D eigenvalue weighted by atomic mass is 35.5. The van der Waals surface area contributed by atoms with E-state index in [0.717, 1.165) is 6.07 Å². The largest absolute Gasteiger partial charge is 0.434 e. The Morgan fingerprint density at radius 3 is 2.27 bits per heavy atom. The van der Waals surface area contributed by atoms with Crippen molar-refractivity contribution in [3.05, 3.63) is 44.8 Å². The third-order valence-electron chi connectivity index (χ3n) is 2.48. The fourth-order valence-corrected chi connectivity index (χ4v) is 2.20. The van der Waals surface area contributed by atoms with Gasteiger partial charge in [0, 0.05) is 6.20 Å². The minimum absolute atomic E-state index is 0.151. The van der Waals surface area contributed by atoms with Gasteiger partial charge in [-0.25, -0.2) is 9.37 Å². The molecule has 10 heteroatoms. The van der Waals surface area contributed by atoms with E-state index in [9.17, 15) is 17.6 Å². The van der Waals surface area contributed by atoms with Gasteiger partial charge >= 0.3 is 6.18 Å². The van der Waals surface area contributed by atoms with Crippen molar-refractivity contribution in [3.63, 3.8) is 0 Å². The van der Waals surface area contributed by atoms with Gasteiger partial charge in [-0.3, -0.25) is 0 Å². The molecule has 0 saturated heterocycles. The van der Waals surface area contributed by atoms with Crippen LogP contribution in [-0.4, -0.2) is 4.98 Å². The second-order valence-electron chi connectivity index (χ2n) is 4.02. The molecule has 3 nitrogen and oxygen atoms in total. The van der Waals surface area contributed by atoms with E-state index in [1.807, 2.05) is 0 Å². The summed E-state index contributed by atoms with van der Waals surface area (Å²) in [6, 6.07) is 1.65. The fourth-order valence-electron chi connectivity index (χ4n) is 1.44. The second kappa shape index (κ2) is 5.98. The van der Waals surface area contributed by atoms with Gasteiger partial charge in [0.15, 0.2) is 11.6 Å². The molecule has 2 N–H and O–H groups in total. The maximum Gasteiger partial charge on any atom is 0.417 e. The van der Waals surface area contributed by atoms with Gasteiger partial charge in [-0.2, -0.15) is 13.2 Å². The van der Waals surface area contributed by atoms with E-state index in [0.29, 0.717) is 12.3 Å². The molecule has 1 aromatic heterocycles. The zero-order chi connectivity index (χ0) is 16.7. The SMILES string of the molecule is Nc1cc(Cl)c(Oc2ncc(C(F)(F)F)cc2Cl)c(Cl)c1F. The van der Waals surface area contributed by atoms with E-state index in [-0.39, 0.29) is 16.5 Å². The summed E-state index contributed by atoms with van der Waals surface area (Å²) in [5.74, 6) is -1.75. The van der Waals surface area contributed by atoms with Crippen LogP contribution >= 0.6 is 34.8 Å². The lowest BCUT2D eigenvalue weighted by molar-refractivity contribution is -0.137. The topological polar surface area (TPSA) is 48.1 Å². The van der Waals surface area contributed by atoms with Gasteiger partial charge in [0.05, 0.1) is 16.3 Å². The second-order valence-corrected chi connectivity index (χ2v) is 5.21. The van der Waals surface area contributed by atoms with Crippen LogP contribution in [0.1, 0.15) is 5.56 Å². The predicted molar refractivity (Wildman–Crippen MR) is 75.2 cm³/mol. The van der Waals surface area contributed by atoms with E-state index in [1.165, 1.54) is 0 Å². The Morgan fingerprint density at radius 1 is 1.09 bits per heavy atom. The van der Waals surface area contributed by atoms with E-state index < -0.39 is 33.5 Å². The summed E-state index contributed by atoms with van der Waals surface area (Å²) in [7, 11) is 0. The van der Waals surface area contributed by atoms with E-state index in [2.05, 4.69) is 4.98 Å². The van der Waals surface area contributed by atoms with Crippen molar-refractivity contribution in [2.24, 2.45) is 0 Å². The van der Waals surface area contributed by atoms with Gasteiger partial charge in [0.1, 0.15) is 10.0 Å². The summed E-state index contributed by atoms with van der Waals surface area (Å²) in [6.07, 6.45) is -4.10. The minimum Gasteiger partial charge on any atom is -0.434 e. The van der Waals surface area contributed by atoms with Crippen molar-refractivity contribution in [2.75, 3.05) is 5.73 Å². The number of pyridine rings is 1. The van der Waals surface area contributed by atoms with E-state index in [4.69, 9.17) is 45.3 Å². The lowest BCUT2D eigenvalue weighted by Gasteiger charge is -2.13. The molecule has 2 rings (SSSR count). The Hall–Kier alpha value is -1.44. The number of hydrogen-bond donors (Lipinski definition) is 1. The number of aromatic nitrogens is 1. The zero-order valence-electron chi connectivity index (χ0n) is 10.3. The highest BCUT2D eigenvalue weighted by Gasteiger charge is 2.32. The lowest BCUT2D eigenvalue weighted by atomic mass is 10.2. The summed E-state index contributed by atoms with van der Waals surface area (Å²) >= 11 is 17.2. The fraction of sp³-hybridized carbons (Fsp3) is 0.0833. The van der Waals surface area contributed by atoms with Gasteiger partial charge in [-0.1, -0.05) is 34.8 Å². The molecule has 0 bridgehead atoms. The molecule has 1 heterocycles. The van der Waals surface area contributed by atoms with Crippen molar-refractivity contribution in [1.82, 2.24) is 4.98 Å². The van der Waals surface area contributed by atoms with E-state index >= 15 is 0 Å². The standard InChI is InChI=1S/C12H5Cl3F4N2O/c13-5-2-7(20)9(16)8(15)10(5)22-11-6(14)1-4(3-21-11)12(17,18)19/h1-3H,20H2. The average Bonchev–Trinajstić information content (AvgIpc) is 2.41. The Balaban J connectivity index is 2.43. The molecule has 0 atom stereocenters. The highest BCUT2D eigenvalue weighted by molar-refractivity contribution is 6.37. The maximum atomic E-state index is 13.6. The zero-order valence-corrected chi connectivity index (χ0v) is 12.6. The van der Waals surface area contributed by atoms with Crippen LogP contribution in [0.25, 0.3) is 0 Å². The van der Waals surface area contributed by atoms with Crippen LogP contribution in [0, 0.1) is 5.82 Å². The number of nitrogens with two attached hydrogens (primary N) is 1. The van der Waals surface area contributed by atoms with Gasteiger partial charge in [-0.15, -0.1) is 0 Å². The third kappa shape index (κ3) is 3.31. The Bertz CT molecular complexity index is 737. The van der Waals surface area contributed by atoms with Crippen molar-refractivity contribution in [2.45, 2.75) is 6.18 Å². The molecule has 0 fully saturated rings. The van der Waals surface area contributed by atoms with Crippen LogP contribution in [0.4, 0.5) is 23.2 Å². The highest BCUT2D eigenvalue weighted by Crippen LogP contribution is 2.42. The molecular weight excluding hydrogens is 370 g/mol. The molecule has 1 aromatic carbocycles. The molecule has 0 radical (unpaired) electrons. The van der Waals surface area contributed by atoms with Crippen LogP contribution in [0.5, 0.6) is 11.6 Å². The number of nitrogens with zero attached hydrogens (tertiary/aromatic N) is 1. The van der Waals surface area contributed by atoms with Gasteiger partial charge in [0.2, 0.25) is 5.88 Å². The number of anilines is 1. The average molecular weight is 376 g/mol. The molecule has 22 heavy (non-hydrogen) atoms. The number of rotatable bonds is 2. The molecule has 0 unspecified atom stereocenters. The first kappa shape index (κ1) is 16.9. The summed E-state index contributed by atoms with van der Waals surface area (Å²) in [5.41, 5.74) is 3.94. The van der Waals surface area contributed by atoms with Gasteiger partial charge in [0.25, 0.3) is 0 Å². The quantitative estimate of drug-likeness (QED) is 0.424. The molecule has 2 aromatic rings. The molecule has 0 amide bonds. The van der Waals surface area contributed by atoms with Crippen LogP contribution in [0.2, 0.25) is 15.1 Å². The number of nitrogen functional groups attached to an aromatic ring is 1. The minimum atomic E-state index is -4.61. The number of benzene rings is 1. The smallest absolute Gasteiger partial charge is 0.417 e. The molecule has 0 aliphatic rings.